The van der Waals surface area contributed by atoms with Crippen molar-refractivity contribution in [3.8, 4) is 0 Å². The molecule has 5 heteroatoms. The number of rotatable bonds is 3. The normalized spacial score (nSPS) is 10.4. The lowest BCUT2D eigenvalue weighted by molar-refractivity contribution is 0.514. The molecule has 0 spiro atoms. The number of thiocarbonyl (C=S) groups is 1. The second-order valence-corrected chi connectivity index (χ2v) is 6.98. The Morgan fingerprint density at radius 1 is 1.25 bits per heavy atom. The van der Waals surface area contributed by atoms with Gasteiger partial charge in [0.05, 0.1) is 10.9 Å². The summed E-state index contributed by atoms with van der Waals surface area (Å²) in [5, 5.41) is 3.97. The summed E-state index contributed by atoms with van der Waals surface area (Å²) >= 11 is 12.9. The maximum absolute atomic E-state index is 5.94. The average Bonchev–Trinajstić information content (AvgIpc) is 2.79. The minimum Gasteiger partial charge on any atom is -0.347 e. The molecule has 0 amide bonds. The number of halogens is 1. The number of hydrogen-bond donors (Lipinski definition) is 1. The molecule has 0 aliphatic rings. The molecule has 0 unspecified atom stereocenters. The predicted octanol–water partition coefficient (Wildman–Crippen LogP) is 4.85. The molecule has 2 aromatic rings. The lowest BCUT2D eigenvalue weighted by atomic mass is 10.1. The fourth-order valence-corrected chi connectivity index (χ4v) is 3.10. The Kier molecular flexibility index (Phi) is 5.02. The summed E-state index contributed by atoms with van der Waals surface area (Å²) in [5.74, 6) is 0. The Hall–Kier alpha value is -1.10. The third kappa shape index (κ3) is 3.95. The molecule has 0 bridgehead atoms. The van der Waals surface area contributed by atoms with Crippen molar-refractivity contribution in [2.24, 2.45) is 0 Å². The molecule has 106 valence electrons. The van der Waals surface area contributed by atoms with E-state index in [1.165, 1.54) is 16.0 Å². The molecule has 0 radical (unpaired) electrons. The summed E-state index contributed by atoms with van der Waals surface area (Å²) in [4.78, 5) is 3.20. The predicted molar refractivity (Wildman–Crippen MR) is 92.9 cm³/mol. The van der Waals surface area contributed by atoms with E-state index in [0.717, 1.165) is 16.6 Å². The van der Waals surface area contributed by atoms with Gasteiger partial charge in [-0.3, -0.25) is 0 Å². The number of anilines is 1. The van der Waals surface area contributed by atoms with Crippen LogP contribution in [0.1, 0.15) is 16.0 Å². The molecule has 0 aliphatic carbocycles. The molecule has 0 aliphatic heterocycles. The number of thiophene rings is 1. The van der Waals surface area contributed by atoms with Gasteiger partial charge in [0.1, 0.15) is 0 Å². The van der Waals surface area contributed by atoms with E-state index in [4.69, 9.17) is 23.8 Å². The highest BCUT2D eigenvalue weighted by molar-refractivity contribution is 7.80. The first-order chi connectivity index (χ1) is 9.45. The Morgan fingerprint density at radius 2 is 2.00 bits per heavy atom. The highest BCUT2D eigenvalue weighted by Crippen LogP contribution is 2.22. The van der Waals surface area contributed by atoms with Crippen molar-refractivity contribution in [1.29, 1.82) is 0 Å². The molecule has 0 fully saturated rings. The first-order valence-electron chi connectivity index (χ1n) is 6.29. The summed E-state index contributed by atoms with van der Waals surface area (Å²) in [6.07, 6.45) is 0. The Labute approximate surface area is 134 Å². The number of benzene rings is 1. The van der Waals surface area contributed by atoms with Crippen LogP contribution in [0.25, 0.3) is 0 Å². The van der Waals surface area contributed by atoms with Gasteiger partial charge in [-0.05, 0) is 61.5 Å². The Balaban J connectivity index is 1.98. The largest absolute Gasteiger partial charge is 0.347 e. The zero-order valence-electron chi connectivity index (χ0n) is 11.7. The zero-order valence-corrected chi connectivity index (χ0v) is 14.1. The van der Waals surface area contributed by atoms with Crippen LogP contribution in [-0.4, -0.2) is 17.1 Å². The standard InChI is InChI=1S/C15H17ClN2S2/c1-10-4-5-12(8-11(10)2)17-15(19)18(3)9-13-6-7-14(16)20-13/h4-8H,9H2,1-3H3,(H,17,19). The molecule has 1 N–H and O–H groups in total. The summed E-state index contributed by atoms with van der Waals surface area (Å²) in [6, 6.07) is 10.2. The van der Waals surface area contributed by atoms with E-state index in [-0.39, 0.29) is 0 Å². The van der Waals surface area contributed by atoms with E-state index in [1.54, 1.807) is 11.3 Å². The van der Waals surface area contributed by atoms with Gasteiger partial charge in [0.2, 0.25) is 0 Å². The van der Waals surface area contributed by atoms with Crippen LogP contribution in [-0.2, 0) is 6.54 Å². The van der Waals surface area contributed by atoms with Crippen molar-refractivity contribution in [2.45, 2.75) is 20.4 Å². The van der Waals surface area contributed by atoms with Crippen LogP contribution in [0.5, 0.6) is 0 Å². The minimum absolute atomic E-state index is 0.706. The van der Waals surface area contributed by atoms with Crippen molar-refractivity contribution in [2.75, 3.05) is 12.4 Å². The van der Waals surface area contributed by atoms with E-state index in [0.29, 0.717) is 5.11 Å². The van der Waals surface area contributed by atoms with Crippen LogP contribution in [0.4, 0.5) is 5.69 Å². The maximum Gasteiger partial charge on any atom is 0.173 e. The van der Waals surface area contributed by atoms with Crippen molar-refractivity contribution in [3.05, 3.63) is 50.7 Å². The second-order valence-electron chi connectivity index (χ2n) is 4.79. The van der Waals surface area contributed by atoms with E-state index in [9.17, 15) is 0 Å². The fourth-order valence-electron chi connectivity index (χ4n) is 1.78. The van der Waals surface area contributed by atoms with Crippen LogP contribution in [0, 0.1) is 13.8 Å². The Morgan fingerprint density at radius 3 is 2.60 bits per heavy atom. The van der Waals surface area contributed by atoms with Crippen LogP contribution in [0.3, 0.4) is 0 Å². The molecule has 1 aromatic heterocycles. The fraction of sp³-hybridized carbons (Fsp3) is 0.267. The third-order valence-corrected chi connectivity index (χ3v) is 4.76. The van der Waals surface area contributed by atoms with Crippen LogP contribution < -0.4 is 5.32 Å². The first kappa shape index (κ1) is 15.3. The molecule has 20 heavy (non-hydrogen) atoms. The molecule has 0 atom stereocenters. The minimum atomic E-state index is 0.706. The molecule has 1 heterocycles. The average molecular weight is 325 g/mol. The van der Waals surface area contributed by atoms with Gasteiger partial charge in [-0.2, -0.15) is 0 Å². The van der Waals surface area contributed by atoms with Gasteiger partial charge in [-0.1, -0.05) is 17.7 Å². The molecule has 0 saturated carbocycles. The van der Waals surface area contributed by atoms with Gasteiger partial charge in [0.25, 0.3) is 0 Å². The topological polar surface area (TPSA) is 15.3 Å². The van der Waals surface area contributed by atoms with Crippen molar-refractivity contribution >= 4 is 46.0 Å². The molecular weight excluding hydrogens is 308 g/mol. The highest BCUT2D eigenvalue weighted by Gasteiger charge is 2.07. The molecule has 2 rings (SSSR count). The molecule has 1 aromatic carbocycles. The van der Waals surface area contributed by atoms with Gasteiger partial charge in [0, 0.05) is 17.6 Å². The lowest BCUT2D eigenvalue weighted by Crippen LogP contribution is -2.30. The van der Waals surface area contributed by atoms with Gasteiger partial charge < -0.3 is 10.2 Å². The van der Waals surface area contributed by atoms with Crippen LogP contribution in [0.2, 0.25) is 4.34 Å². The second kappa shape index (κ2) is 6.57. The summed E-state index contributed by atoms with van der Waals surface area (Å²) in [5.41, 5.74) is 3.56. The Bertz CT molecular complexity index is 622. The number of nitrogens with one attached hydrogen (secondary N) is 1. The van der Waals surface area contributed by atoms with Crippen LogP contribution in [0.15, 0.2) is 30.3 Å². The quantitative estimate of drug-likeness (QED) is 0.813. The molecule has 2 nitrogen and oxygen atoms in total. The van der Waals surface area contributed by atoms with E-state index >= 15 is 0 Å². The zero-order chi connectivity index (χ0) is 14.7. The van der Waals surface area contributed by atoms with Gasteiger partial charge in [0.15, 0.2) is 5.11 Å². The molecule has 0 saturated heterocycles. The van der Waals surface area contributed by atoms with Crippen molar-refractivity contribution < 1.29 is 0 Å². The first-order valence-corrected chi connectivity index (χ1v) is 7.89. The third-order valence-electron chi connectivity index (χ3n) is 3.13. The number of aryl methyl sites for hydroxylation is 2. The van der Waals surface area contributed by atoms with E-state index in [2.05, 4.69) is 31.3 Å². The van der Waals surface area contributed by atoms with E-state index < -0.39 is 0 Å². The van der Waals surface area contributed by atoms with Crippen molar-refractivity contribution in [1.82, 2.24) is 4.90 Å². The maximum atomic E-state index is 5.94. The molecular formula is C15H17ClN2S2. The monoisotopic (exact) mass is 324 g/mol. The summed E-state index contributed by atoms with van der Waals surface area (Å²) in [6.45, 7) is 4.96. The van der Waals surface area contributed by atoms with Crippen LogP contribution >= 0.6 is 35.2 Å². The smallest absolute Gasteiger partial charge is 0.173 e. The lowest BCUT2D eigenvalue weighted by Gasteiger charge is -2.20. The number of nitrogens with zero attached hydrogens (tertiary/aromatic N) is 1. The summed E-state index contributed by atoms with van der Waals surface area (Å²) < 4.78 is 0.807. The van der Waals surface area contributed by atoms with Gasteiger partial charge in [-0.25, -0.2) is 0 Å². The van der Waals surface area contributed by atoms with Crippen molar-refractivity contribution in [3.63, 3.8) is 0 Å². The van der Waals surface area contributed by atoms with Gasteiger partial charge >= 0.3 is 0 Å². The highest BCUT2D eigenvalue weighted by atomic mass is 35.5. The number of hydrogen-bond acceptors (Lipinski definition) is 2. The summed E-state index contributed by atoms with van der Waals surface area (Å²) in [7, 11) is 1.98. The SMILES string of the molecule is Cc1ccc(NC(=S)N(C)Cc2ccc(Cl)s2)cc1C. The van der Waals surface area contributed by atoms with E-state index in [1.807, 2.05) is 30.1 Å². The van der Waals surface area contributed by atoms with Gasteiger partial charge in [-0.15, -0.1) is 11.3 Å².